The molecule has 1 atom stereocenters. The summed E-state index contributed by atoms with van der Waals surface area (Å²) in [6.07, 6.45) is 0.550. The topological polar surface area (TPSA) is 109 Å². The van der Waals surface area contributed by atoms with Crippen molar-refractivity contribution in [1.82, 2.24) is 9.47 Å². The van der Waals surface area contributed by atoms with Crippen LogP contribution < -0.4 is 5.43 Å². The number of ether oxygens (including phenoxy) is 1. The molecule has 0 aliphatic carbocycles. The summed E-state index contributed by atoms with van der Waals surface area (Å²) in [5.41, 5.74) is -2.04. The summed E-state index contributed by atoms with van der Waals surface area (Å²) < 4.78 is 6.95. The Hall–Kier alpha value is -2.35. The molecule has 2 N–H and O–H groups in total. The van der Waals surface area contributed by atoms with Crippen molar-refractivity contribution >= 4 is 11.9 Å². The van der Waals surface area contributed by atoms with E-state index in [1.165, 1.54) is 9.47 Å². The Morgan fingerprint density at radius 1 is 1.41 bits per heavy atom. The van der Waals surface area contributed by atoms with Crippen LogP contribution in [-0.2, 0) is 11.3 Å². The second kappa shape index (κ2) is 4.57. The van der Waals surface area contributed by atoms with Crippen molar-refractivity contribution in [3.63, 3.8) is 0 Å². The molecular formula is C14H16N2O6. The van der Waals surface area contributed by atoms with Gasteiger partial charge in [0.15, 0.2) is 17.7 Å². The van der Waals surface area contributed by atoms with Gasteiger partial charge in [0.05, 0.1) is 13.2 Å². The molecule has 22 heavy (non-hydrogen) atoms. The highest BCUT2D eigenvalue weighted by molar-refractivity contribution is 5.97. The van der Waals surface area contributed by atoms with E-state index in [1.54, 1.807) is 0 Å². The second-order valence-electron chi connectivity index (χ2n) is 6.39. The molecule has 0 saturated carbocycles. The molecule has 1 amide bonds. The molecule has 1 aromatic rings. The van der Waals surface area contributed by atoms with Gasteiger partial charge in [-0.2, -0.15) is 0 Å². The fraction of sp³-hybridized carbons (Fsp3) is 0.500. The maximum absolute atomic E-state index is 12.6. The molecule has 8 heteroatoms. The quantitative estimate of drug-likeness (QED) is 0.761. The third kappa shape index (κ3) is 2.07. The maximum atomic E-state index is 12.6. The number of aromatic nitrogens is 1. The van der Waals surface area contributed by atoms with E-state index in [0.717, 1.165) is 6.20 Å². The summed E-state index contributed by atoms with van der Waals surface area (Å²) in [6, 6.07) is 0. The number of aromatic hydroxyl groups is 1. The Kier molecular flexibility index (Phi) is 3.03. The normalized spacial score (nSPS) is 22.9. The van der Waals surface area contributed by atoms with Crippen LogP contribution in [0.15, 0.2) is 11.0 Å². The highest BCUT2D eigenvalue weighted by Crippen LogP contribution is 2.32. The number of carboxylic acids is 1. The van der Waals surface area contributed by atoms with E-state index in [-0.39, 0.29) is 17.7 Å². The lowest BCUT2D eigenvalue weighted by Crippen LogP contribution is -2.58. The first-order chi connectivity index (χ1) is 10.2. The average molecular weight is 308 g/mol. The Balaban J connectivity index is 2.12. The summed E-state index contributed by atoms with van der Waals surface area (Å²) in [7, 11) is 0. The Bertz CT molecular complexity index is 736. The first-order valence-electron chi connectivity index (χ1n) is 6.83. The van der Waals surface area contributed by atoms with Gasteiger partial charge in [0.25, 0.3) is 5.91 Å². The largest absolute Gasteiger partial charge is 0.503 e. The van der Waals surface area contributed by atoms with Crippen molar-refractivity contribution in [3.8, 4) is 5.75 Å². The van der Waals surface area contributed by atoms with Gasteiger partial charge in [-0.25, -0.2) is 4.79 Å². The standard InChI is InChI=1S/C14H16N2O6/c1-14(2)5-16-8(22-6-14)4-15-3-7(13(20)21)10(17)11(18)9(15)12(16)19/h3,8,18H,4-6H2,1-2H3,(H,20,21). The van der Waals surface area contributed by atoms with Crippen LogP contribution in [0.3, 0.4) is 0 Å². The van der Waals surface area contributed by atoms with Gasteiger partial charge in [-0.1, -0.05) is 13.8 Å². The van der Waals surface area contributed by atoms with Gasteiger partial charge in [-0.15, -0.1) is 0 Å². The third-order valence-corrected chi connectivity index (χ3v) is 3.92. The van der Waals surface area contributed by atoms with E-state index >= 15 is 0 Å². The summed E-state index contributed by atoms with van der Waals surface area (Å²) in [4.78, 5) is 37.0. The van der Waals surface area contributed by atoms with Crippen LogP contribution >= 0.6 is 0 Å². The third-order valence-electron chi connectivity index (χ3n) is 3.92. The predicted octanol–water partition coefficient (Wildman–Crippen LogP) is 0.0904. The van der Waals surface area contributed by atoms with Crippen molar-refractivity contribution in [2.24, 2.45) is 5.41 Å². The molecule has 0 bridgehead atoms. The van der Waals surface area contributed by atoms with Gasteiger partial charge in [-0.05, 0) is 0 Å². The molecule has 2 aliphatic rings. The number of amides is 1. The van der Waals surface area contributed by atoms with Crippen molar-refractivity contribution in [2.75, 3.05) is 13.2 Å². The smallest absolute Gasteiger partial charge is 0.341 e. The zero-order valence-electron chi connectivity index (χ0n) is 12.2. The van der Waals surface area contributed by atoms with Gasteiger partial charge in [0, 0.05) is 18.2 Å². The van der Waals surface area contributed by atoms with E-state index in [0.29, 0.717) is 13.2 Å². The van der Waals surface area contributed by atoms with E-state index in [1.807, 2.05) is 13.8 Å². The number of carboxylic acid groups (broad SMARTS) is 1. The van der Waals surface area contributed by atoms with Crippen molar-refractivity contribution in [3.05, 3.63) is 27.7 Å². The van der Waals surface area contributed by atoms with Crippen LogP contribution in [0, 0.1) is 5.41 Å². The SMILES string of the molecule is CC1(C)COC2Cn3cc(C(=O)O)c(=O)c(O)c3C(=O)N2C1. The zero-order valence-corrected chi connectivity index (χ0v) is 12.2. The fourth-order valence-electron chi connectivity index (χ4n) is 2.85. The summed E-state index contributed by atoms with van der Waals surface area (Å²) in [5.74, 6) is -2.81. The molecule has 0 aromatic carbocycles. The number of rotatable bonds is 1. The fourth-order valence-corrected chi connectivity index (χ4v) is 2.85. The molecule has 0 radical (unpaired) electrons. The lowest BCUT2D eigenvalue weighted by atomic mass is 9.91. The summed E-state index contributed by atoms with van der Waals surface area (Å²) >= 11 is 0. The monoisotopic (exact) mass is 308 g/mol. The minimum atomic E-state index is -1.45. The van der Waals surface area contributed by atoms with Gasteiger partial charge in [0.1, 0.15) is 5.56 Å². The van der Waals surface area contributed by atoms with Crippen LogP contribution in [0.25, 0.3) is 0 Å². The molecule has 1 aromatic heterocycles. The average Bonchev–Trinajstić information content (AvgIpc) is 2.43. The molecular weight excluding hydrogens is 292 g/mol. The number of fused-ring (bicyclic) bond motifs is 2. The molecule has 1 saturated heterocycles. The highest BCUT2D eigenvalue weighted by Gasteiger charge is 2.42. The van der Waals surface area contributed by atoms with Crippen LogP contribution in [0.4, 0.5) is 0 Å². The van der Waals surface area contributed by atoms with Crippen LogP contribution in [-0.4, -0.2) is 50.9 Å². The van der Waals surface area contributed by atoms with Crippen molar-refractivity contribution in [2.45, 2.75) is 26.6 Å². The Labute approximate surface area is 125 Å². The molecule has 2 aliphatic heterocycles. The minimum Gasteiger partial charge on any atom is -0.503 e. The molecule has 118 valence electrons. The second-order valence-corrected chi connectivity index (χ2v) is 6.39. The molecule has 0 spiro atoms. The molecule has 1 fully saturated rings. The zero-order chi connectivity index (χ0) is 16.2. The number of aromatic carboxylic acids is 1. The van der Waals surface area contributed by atoms with Crippen molar-refractivity contribution in [1.29, 1.82) is 0 Å². The first kappa shape index (κ1) is 14.6. The van der Waals surface area contributed by atoms with Crippen LogP contribution in [0.2, 0.25) is 0 Å². The predicted molar refractivity (Wildman–Crippen MR) is 73.9 cm³/mol. The summed E-state index contributed by atoms with van der Waals surface area (Å²) in [6.45, 7) is 4.97. The lowest BCUT2D eigenvalue weighted by Gasteiger charge is -2.46. The number of carbonyl (C=O) groups is 2. The summed E-state index contributed by atoms with van der Waals surface area (Å²) in [5, 5.41) is 19.0. The lowest BCUT2D eigenvalue weighted by molar-refractivity contribution is -0.137. The van der Waals surface area contributed by atoms with Crippen LogP contribution in [0.5, 0.6) is 5.75 Å². The molecule has 3 heterocycles. The minimum absolute atomic E-state index is 0.172. The number of hydrogen-bond donors (Lipinski definition) is 2. The number of nitrogens with zero attached hydrogens (tertiary/aromatic N) is 2. The number of hydrogen-bond acceptors (Lipinski definition) is 5. The Morgan fingerprint density at radius 3 is 2.73 bits per heavy atom. The highest BCUT2D eigenvalue weighted by atomic mass is 16.5. The molecule has 8 nitrogen and oxygen atoms in total. The Morgan fingerprint density at radius 2 is 2.09 bits per heavy atom. The van der Waals surface area contributed by atoms with Crippen molar-refractivity contribution < 1.29 is 24.5 Å². The first-order valence-corrected chi connectivity index (χ1v) is 6.83. The van der Waals surface area contributed by atoms with E-state index in [9.17, 15) is 19.5 Å². The molecule has 3 rings (SSSR count). The van der Waals surface area contributed by atoms with E-state index in [4.69, 9.17) is 9.84 Å². The van der Waals surface area contributed by atoms with E-state index in [2.05, 4.69) is 0 Å². The molecule has 1 unspecified atom stereocenters. The van der Waals surface area contributed by atoms with Gasteiger partial charge in [0.2, 0.25) is 5.43 Å². The van der Waals surface area contributed by atoms with E-state index < -0.39 is 34.8 Å². The van der Waals surface area contributed by atoms with Gasteiger partial charge < -0.3 is 24.4 Å². The van der Waals surface area contributed by atoms with Gasteiger partial charge >= 0.3 is 5.97 Å². The number of carbonyl (C=O) groups excluding carboxylic acids is 1. The maximum Gasteiger partial charge on any atom is 0.341 e. The number of pyridine rings is 1. The van der Waals surface area contributed by atoms with Crippen LogP contribution in [0.1, 0.15) is 34.7 Å². The van der Waals surface area contributed by atoms with Gasteiger partial charge in [-0.3, -0.25) is 9.59 Å².